The number of nitrogens with two attached hydrogens (primary N) is 1. The molecule has 0 radical (unpaired) electrons. The minimum atomic E-state index is -3.39. The molecule has 7 heteroatoms. The second kappa shape index (κ2) is 4.24. The van der Waals surface area contributed by atoms with E-state index in [1.54, 1.807) is 0 Å². The van der Waals surface area contributed by atoms with Gasteiger partial charge in [0.25, 0.3) is 0 Å². The van der Waals surface area contributed by atoms with Gasteiger partial charge in [-0.05, 0) is 6.42 Å². The Morgan fingerprint density at radius 3 is 2.64 bits per heavy atom. The fourth-order valence-corrected chi connectivity index (χ4v) is 2.25. The molecule has 1 aliphatic carbocycles. The maximum atomic E-state index is 11.3. The van der Waals surface area contributed by atoms with Crippen molar-refractivity contribution in [2.75, 3.05) is 12.9 Å². The zero-order chi connectivity index (χ0) is 10.8. The average Bonchev–Trinajstić information content (AvgIpc) is 2.76. The van der Waals surface area contributed by atoms with E-state index in [2.05, 4.69) is 9.46 Å². The molecule has 3 N–H and O–H groups in total. The van der Waals surface area contributed by atoms with Crippen LogP contribution in [-0.2, 0) is 19.6 Å². The van der Waals surface area contributed by atoms with Gasteiger partial charge in [-0.3, -0.25) is 4.79 Å². The lowest BCUT2D eigenvalue weighted by Crippen LogP contribution is -2.32. The molecule has 2 unspecified atom stereocenters. The smallest absolute Gasteiger partial charge is 0.306 e. The first-order valence-electron chi connectivity index (χ1n) is 4.27. The van der Waals surface area contributed by atoms with Crippen LogP contribution in [0.1, 0.15) is 12.8 Å². The highest BCUT2D eigenvalue weighted by Crippen LogP contribution is 2.18. The third-order valence-corrected chi connectivity index (χ3v) is 3.38. The molecular formula is C7H14N2O4S. The molecule has 0 aromatic heterocycles. The van der Waals surface area contributed by atoms with Gasteiger partial charge in [-0.2, -0.15) is 0 Å². The summed E-state index contributed by atoms with van der Waals surface area (Å²) in [5.74, 6) is -0.779. The molecule has 2 atom stereocenters. The normalized spacial score (nSPS) is 25.9. The lowest BCUT2D eigenvalue weighted by molar-refractivity contribution is -0.140. The quantitative estimate of drug-likeness (QED) is 0.556. The van der Waals surface area contributed by atoms with Gasteiger partial charge in [0.15, 0.2) is 0 Å². The van der Waals surface area contributed by atoms with Crippen LogP contribution in [0.2, 0.25) is 0 Å². The molecule has 1 fully saturated rings. The number of hydrogen-bond donors (Lipinski definition) is 2. The molecule has 1 aliphatic rings. The molecule has 0 heterocycles. The van der Waals surface area contributed by atoms with Gasteiger partial charge >= 0.3 is 5.97 Å². The Kier molecular flexibility index (Phi) is 3.46. The van der Waals surface area contributed by atoms with Crippen LogP contribution in [-0.4, -0.2) is 39.3 Å². The largest absolute Gasteiger partial charge is 0.469 e. The van der Waals surface area contributed by atoms with E-state index in [-0.39, 0.29) is 24.3 Å². The van der Waals surface area contributed by atoms with E-state index in [1.165, 1.54) is 7.11 Å². The summed E-state index contributed by atoms with van der Waals surface area (Å²) < 4.78 is 29.3. The molecule has 14 heavy (non-hydrogen) atoms. The van der Waals surface area contributed by atoms with Gasteiger partial charge in [0.05, 0.1) is 19.3 Å². The van der Waals surface area contributed by atoms with Crippen molar-refractivity contribution in [2.24, 2.45) is 5.73 Å². The van der Waals surface area contributed by atoms with E-state index in [0.717, 1.165) is 0 Å². The van der Waals surface area contributed by atoms with Gasteiger partial charge in [0, 0.05) is 12.1 Å². The first kappa shape index (κ1) is 11.4. The lowest BCUT2D eigenvalue weighted by atomic mass is 10.5. The minimum Gasteiger partial charge on any atom is -0.469 e. The predicted octanol–water partition coefficient (Wildman–Crippen LogP) is -1.43. The molecular weight excluding hydrogens is 208 g/mol. The minimum absolute atomic E-state index is 0.0806. The van der Waals surface area contributed by atoms with E-state index < -0.39 is 16.0 Å². The van der Waals surface area contributed by atoms with E-state index in [9.17, 15) is 13.2 Å². The van der Waals surface area contributed by atoms with E-state index >= 15 is 0 Å². The Morgan fingerprint density at radius 2 is 2.21 bits per heavy atom. The van der Waals surface area contributed by atoms with Crippen molar-refractivity contribution in [1.82, 2.24) is 4.72 Å². The zero-order valence-corrected chi connectivity index (χ0v) is 8.71. The van der Waals surface area contributed by atoms with Crippen molar-refractivity contribution >= 4 is 16.0 Å². The first-order chi connectivity index (χ1) is 6.44. The highest BCUT2D eigenvalue weighted by Gasteiger charge is 2.36. The van der Waals surface area contributed by atoms with Gasteiger partial charge in [-0.25, -0.2) is 13.1 Å². The van der Waals surface area contributed by atoms with Crippen LogP contribution in [0.4, 0.5) is 0 Å². The Morgan fingerprint density at radius 1 is 1.64 bits per heavy atom. The number of methoxy groups -OCH3 is 1. The van der Waals surface area contributed by atoms with Gasteiger partial charge in [-0.1, -0.05) is 0 Å². The molecule has 6 nitrogen and oxygen atoms in total. The fourth-order valence-electron chi connectivity index (χ4n) is 0.959. The van der Waals surface area contributed by atoms with Crippen LogP contribution in [0.25, 0.3) is 0 Å². The number of carbonyl (C=O) groups is 1. The van der Waals surface area contributed by atoms with Crippen LogP contribution in [0.3, 0.4) is 0 Å². The molecule has 0 spiro atoms. The summed E-state index contributed by atoms with van der Waals surface area (Å²) in [7, 11) is -2.17. The van der Waals surface area contributed by atoms with Gasteiger partial charge < -0.3 is 10.5 Å². The molecule has 1 rings (SSSR count). The van der Waals surface area contributed by atoms with Crippen molar-refractivity contribution in [3.8, 4) is 0 Å². The van der Waals surface area contributed by atoms with Crippen molar-refractivity contribution in [1.29, 1.82) is 0 Å². The van der Waals surface area contributed by atoms with E-state index in [1.807, 2.05) is 0 Å². The van der Waals surface area contributed by atoms with Crippen LogP contribution >= 0.6 is 0 Å². The highest BCUT2D eigenvalue weighted by atomic mass is 32.2. The maximum Gasteiger partial charge on any atom is 0.306 e. The molecule has 0 bridgehead atoms. The van der Waals surface area contributed by atoms with Crippen molar-refractivity contribution in [2.45, 2.75) is 24.9 Å². The monoisotopic (exact) mass is 222 g/mol. The molecule has 0 aromatic rings. The number of hydrogen-bond acceptors (Lipinski definition) is 5. The summed E-state index contributed by atoms with van der Waals surface area (Å²) in [4.78, 5) is 10.7. The molecule has 0 amide bonds. The van der Waals surface area contributed by atoms with Crippen LogP contribution < -0.4 is 10.5 Å². The summed E-state index contributed by atoms with van der Waals surface area (Å²) in [6, 6.07) is -0.236. The van der Waals surface area contributed by atoms with Crippen molar-refractivity contribution < 1.29 is 17.9 Å². The SMILES string of the molecule is COC(=O)CCS(=O)(=O)NC1CC1N. The van der Waals surface area contributed by atoms with Crippen LogP contribution in [0, 0.1) is 0 Å². The van der Waals surface area contributed by atoms with Crippen LogP contribution in [0.5, 0.6) is 0 Å². The molecule has 0 aliphatic heterocycles. The third kappa shape index (κ3) is 3.60. The standard InChI is InChI=1S/C7H14N2O4S/c1-13-7(10)2-3-14(11,12)9-6-4-5(6)8/h5-6,9H,2-4,8H2,1H3. The lowest BCUT2D eigenvalue weighted by Gasteiger charge is -2.04. The number of ether oxygens (including phenoxy) is 1. The second-order valence-electron chi connectivity index (χ2n) is 3.27. The zero-order valence-electron chi connectivity index (χ0n) is 7.89. The Labute approximate surface area is 82.8 Å². The average molecular weight is 222 g/mol. The topological polar surface area (TPSA) is 98.5 Å². The summed E-state index contributed by atoms with van der Waals surface area (Å²) in [5.41, 5.74) is 5.44. The van der Waals surface area contributed by atoms with E-state index in [0.29, 0.717) is 6.42 Å². The maximum absolute atomic E-state index is 11.3. The Hall–Kier alpha value is -0.660. The van der Waals surface area contributed by atoms with Crippen LogP contribution in [0.15, 0.2) is 0 Å². The molecule has 0 aromatic carbocycles. The number of carbonyl (C=O) groups excluding carboxylic acids is 1. The number of sulfonamides is 1. The second-order valence-corrected chi connectivity index (χ2v) is 5.14. The van der Waals surface area contributed by atoms with Gasteiger partial charge in [-0.15, -0.1) is 0 Å². The summed E-state index contributed by atoms with van der Waals surface area (Å²) in [6.45, 7) is 0. The summed E-state index contributed by atoms with van der Waals surface area (Å²) in [5, 5.41) is 0. The van der Waals surface area contributed by atoms with Gasteiger partial charge in [0.1, 0.15) is 0 Å². The van der Waals surface area contributed by atoms with E-state index in [4.69, 9.17) is 5.73 Å². The summed E-state index contributed by atoms with van der Waals surface area (Å²) in [6.07, 6.45) is 0.533. The Bertz CT molecular complexity index is 314. The predicted molar refractivity (Wildman–Crippen MR) is 49.9 cm³/mol. The molecule has 0 saturated heterocycles. The number of nitrogens with one attached hydrogen (secondary N) is 1. The van der Waals surface area contributed by atoms with Crippen molar-refractivity contribution in [3.63, 3.8) is 0 Å². The summed E-state index contributed by atoms with van der Waals surface area (Å²) >= 11 is 0. The number of esters is 1. The third-order valence-electron chi connectivity index (χ3n) is 1.97. The molecule has 1 saturated carbocycles. The highest BCUT2D eigenvalue weighted by molar-refractivity contribution is 7.89. The Balaban J connectivity index is 2.31. The van der Waals surface area contributed by atoms with Crippen molar-refractivity contribution in [3.05, 3.63) is 0 Å². The first-order valence-corrected chi connectivity index (χ1v) is 5.92. The fraction of sp³-hybridized carbons (Fsp3) is 0.857. The molecule has 82 valence electrons. The van der Waals surface area contributed by atoms with Gasteiger partial charge in [0.2, 0.25) is 10.0 Å². The number of rotatable bonds is 5.